The zero-order chi connectivity index (χ0) is 17.9. The third-order valence-corrected chi connectivity index (χ3v) is 5.57. The Morgan fingerprint density at radius 3 is 2.32 bits per heavy atom. The maximum absolute atomic E-state index is 13.8. The second kappa shape index (κ2) is 7.23. The molecular formula is C18H19FN2O3S. The Hall–Kier alpha value is -2.41. The summed E-state index contributed by atoms with van der Waals surface area (Å²) in [5.41, 5.74) is 0.422. The molecule has 1 N–H and O–H groups in total. The van der Waals surface area contributed by atoms with Gasteiger partial charge in [0.05, 0.1) is 11.3 Å². The molecule has 1 amide bonds. The van der Waals surface area contributed by atoms with Crippen LogP contribution in [0.1, 0.15) is 29.6 Å². The molecule has 7 heteroatoms. The van der Waals surface area contributed by atoms with Crippen LogP contribution in [0.4, 0.5) is 10.1 Å². The minimum absolute atomic E-state index is 0.154. The van der Waals surface area contributed by atoms with Crippen LogP contribution in [0.2, 0.25) is 0 Å². The summed E-state index contributed by atoms with van der Waals surface area (Å²) in [4.78, 5) is 14.0. The summed E-state index contributed by atoms with van der Waals surface area (Å²) in [6.07, 6.45) is 2.97. The van der Waals surface area contributed by atoms with Crippen molar-refractivity contribution in [3.8, 4) is 0 Å². The SMILES string of the molecule is O=C(c1ccccc1NS(=O)(=O)c1ccccc1F)N1CCCCC1. The van der Waals surface area contributed by atoms with Crippen molar-refractivity contribution in [1.82, 2.24) is 4.90 Å². The first-order valence-electron chi connectivity index (χ1n) is 8.15. The minimum Gasteiger partial charge on any atom is -0.339 e. The molecule has 0 saturated carbocycles. The molecule has 0 bridgehead atoms. The summed E-state index contributed by atoms with van der Waals surface area (Å²) in [6.45, 7) is 1.32. The van der Waals surface area contributed by atoms with Crippen molar-refractivity contribution in [3.63, 3.8) is 0 Å². The number of carbonyl (C=O) groups excluding carboxylic acids is 1. The Labute approximate surface area is 146 Å². The summed E-state index contributed by atoms with van der Waals surface area (Å²) in [7, 11) is -4.13. The van der Waals surface area contributed by atoms with E-state index in [2.05, 4.69) is 4.72 Å². The van der Waals surface area contributed by atoms with E-state index in [-0.39, 0.29) is 17.2 Å². The highest BCUT2D eigenvalue weighted by molar-refractivity contribution is 7.92. The van der Waals surface area contributed by atoms with Crippen molar-refractivity contribution in [2.24, 2.45) is 0 Å². The van der Waals surface area contributed by atoms with E-state index in [1.165, 1.54) is 24.3 Å². The zero-order valence-electron chi connectivity index (χ0n) is 13.6. The van der Waals surface area contributed by atoms with Crippen molar-refractivity contribution in [2.75, 3.05) is 17.8 Å². The quantitative estimate of drug-likeness (QED) is 0.908. The molecule has 1 fully saturated rings. The van der Waals surface area contributed by atoms with Crippen LogP contribution in [0.5, 0.6) is 0 Å². The summed E-state index contributed by atoms with van der Waals surface area (Å²) in [5.74, 6) is -1.05. The van der Waals surface area contributed by atoms with Gasteiger partial charge in [0.2, 0.25) is 0 Å². The highest BCUT2D eigenvalue weighted by Gasteiger charge is 2.24. The van der Waals surface area contributed by atoms with Gasteiger partial charge >= 0.3 is 0 Å². The number of amides is 1. The van der Waals surface area contributed by atoms with Gasteiger partial charge in [-0.05, 0) is 43.5 Å². The molecule has 1 saturated heterocycles. The molecule has 132 valence electrons. The van der Waals surface area contributed by atoms with Crippen LogP contribution in [-0.2, 0) is 10.0 Å². The second-order valence-electron chi connectivity index (χ2n) is 5.93. The molecule has 0 aliphatic carbocycles. The number of piperidine rings is 1. The molecule has 0 spiro atoms. The molecule has 2 aromatic carbocycles. The average molecular weight is 362 g/mol. The van der Waals surface area contributed by atoms with Gasteiger partial charge in [0.15, 0.2) is 0 Å². The van der Waals surface area contributed by atoms with E-state index in [1.807, 2.05) is 0 Å². The molecule has 0 unspecified atom stereocenters. The Morgan fingerprint density at radius 1 is 0.960 bits per heavy atom. The molecule has 1 aliphatic rings. The molecule has 0 atom stereocenters. The highest BCUT2D eigenvalue weighted by Crippen LogP contribution is 2.24. The maximum atomic E-state index is 13.8. The highest BCUT2D eigenvalue weighted by atomic mass is 32.2. The van der Waals surface area contributed by atoms with Crippen LogP contribution in [-0.4, -0.2) is 32.3 Å². The van der Waals surface area contributed by atoms with Gasteiger partial charge in [-0.2, -0.15) is 0 Å². The molecule has 3 rings (SSSR count). The fourth-order valence-electron chi connectivity index (χ4n) is 2.89. The van der Waals surface area contributed by atoms with Gasteiger partial charge in [-0.25, -0.2) is 12.8 Å². The lowest BCUT2D eigenvalue weighted by Crippen LogP contribution is -2.36. The van der Waals surface area contributed by atoms with E-state index in [9.17, 15) is 17.6 Å². The first kappa shape index (κ1) is 17.4. The molecule has 1 aliphatic heterocycles. The normalized spacial score (nSPS) is 15.0. The van der Waals surface area contributed by atoms with Crippen LogP contribution in [0, 0.1) is 5.82 Å². The fourth-order valence-corrected chi connectivity index (χ4v) is 4.05. The van der Waals surface area contributed by atoms with Crippen molar-refractivity contribution >= 4 is 21.6 Å². The largest absolute Gasteiger partial charge is 0.339 e. The van der Waals surface area contributed by atoms with E-state index in [0.717, 1.165) is 25.3 Å². The lowest BCUT2D eigenvalue weighted by Gasteiger charge is -2.27. The van der Waals surface area contributed by atoms with Crippen molar-refractivity contribution < 1.29 is 17.6 Å². The van der Waals surface area contributed by atoms with Gasteiger partial charge < -0.3 is 4.90 Å². The number of likely N-dealkylation sites (tertiary alicyclic amines) is 1. The van der Waals surface area contributed by atoms with Crippen LogP contribution in [0.15, 0.2) is 53.4 Å². The van der Waals surface area contributed by atoms with Crippen LogP contribution in [0.3, 0.4) is 0 Å². The number of sulfonamides is 1. The number of anilines is 1. The van der Waals surface area contributed by atoms with Gasteiger partial charge in [0, 0.05) is 13.1 Å². The lowest BCUT2D eigenvalue weighted by molar-refractivity contribution is 0.0725. The van der Waals surface area contributed by atoms with E-state index >= 15 is 0 Å². The fraction of sp³-hybridized carbons (Fsp3) is 0.278. The predicted molar refractivity (Wildman–Crippen MR) is 93.4 cm³/mol. The second-order valence-corrected chi connectivity index (χ2v) is 7.59. The monoisotopic (exact) mass is 362 g/mol. The van der Waals surface area contributed by atoms with Crippen molar-refractivity contribution in [3.05, 3.63) is 59.9 Å². The maximum Gasteiger partial charge on any atom is 0.264 e. The first-order chi connectivity index (χ1) is 12.0. The standard InChI is InChI=1S/C18H19FN2O3S/c19-15-9-3-5-11-17(15)25(23,24)20-16-10-4-2-8-14(16)18(22)21-12-6-1-7-13-21/h2-5,8-11,20H,1,6-7,12-13H2. The Kier molecular flexibility index (Phi) is 5.03. The molecule has 0 radical (unpaired) electrons. The molecule has 2 aromatic rings. The van der Waals surface area contributed by atoms with Gasteiger partial charge in [0.25, 0.3) is 15.9 Å². The van der Waals surface area contributed by atoms with Gasteiger partial charge in [-0.15, -0.1) is 0 Å². The molecule has 25 heavy (non-hydrogen) atoms. The van der Waals surface area contributed by atoms with E-state index in [1.54, 1.807) is 23.1 Å². The lowest BCUT2D eigenvalue weighted by atomic mass is 10.1. The van der Waals surface area contributed by atoms with E-state index in [0.29, 0.717) is 13.1 Å². The first-order valence-corrected chi connectivity index (χ1v) is 9.63. The third kappa shape index (κ3) is 3.82. The smallest absolute Gasteiger partial charge is 0.264 e. The Balaban J connectivity index is 1.91. The number of hydrogen-bond acceptors (Lipinski definition) is 3. The molecule has 5 nitrogen and oxygen atoms in total. The number of hydrogen-bond donors (Lipinski definition) is 1. The van der Waals surface area contributed by atoms with Crippen LogP contribution < -0.4 is 4.72 Å². The number of nitrogens with zero attached hydrogens (tertiary/aromatic N) is 1. The van der Waals surface area contributed by atoms with Gasteiger partial charge in [0.1, 0.15) is 10.7 Å². The Morgan fingerprint density at radius 2 is 1.60 bits per heavy atom. The average Bonchev–Trinajstić information content (AvgIpc) is 2.62. The number of carbonyl (C=O) groups is 1. The zero-order valence-corrected chi connectivity index (χ0v) is 14.4. The topological polar surface area (TPSA) is 66.5 Å². The summed E-state index contributed by atoms with van der Waals surface area (Å²) < 4.78 is 41.2. The summed E-state index contributed by atoms with van der Waals surface area (Å²) in [6, 6.07) is 11.5. The molecule has 1 heterocycles. The Bertz CT molecular complexity index is 877. The number of para-hydroxylation sites is 1. The van der Waals surface area contributed by atoms with Crippen LogP contribution in [0.25, 0.3) is 0 Å². The number of nitrogens with one attached hydrogen (secondary N) is 1. The number of rotatable bonds is 4. The van der Waals surface area contributed by atoms with E-state index in [4.69, 9.17) is 0 Å². The summed E-state index contributed by atoms with van der Waals surface area (Å²) >= 11 is 0. The predicted octanol–water partition coefficient (Wildman–Crippen LogP) is 3.25. The van der Waals surface area contributed by atoms with Gasteiger partial charge in [-0.1, -0.05) is 24.3 Å². The van der Waals surface area contributed by atoms with Crippen molar-refractivity contribution in [1.29, 1.82) is 0 Å². The molecule has 0 aromatic heterocycles. The van der Waals surface area contributed by atoms with E-state index < -0.39 is 20.7 Å². The minimum atomic E-state index is -4.13. The van der Waals surface area contributed by atoms with Crippen LogP contribution >= 0.6 is 0 Å². The number of benzene rings is 2. The summed E-state index contributed by atoms with van der Waals surface area (Å²) in [5, 5.41) is 0. The third-order valence-electron chi connectivity index (χ3n) is 4.17. The van der Waals surface area contributed by atoms with Crippen molar-refractivity contribution in [2.45, 2.75) is 24.2 Å². The number of halogens is 1. The van der Waals surface area contributed by atoms with Gasteiger partial charge in [-0.3, -0.25) is 9.52 Å². The molecular weight excluding hydrogens is 343 g/mol.